The van der Waals surface area contributed by atoms with E-state index in [1.807, 2.05) is 18.2 Å². The lowest BCUT2D eigenvalue weighted by atomic mass is 10.0. The highest BCUT2D eigenvalue weighted by molar-refractivity contribution is 5.27. The van der Waals surface area contributed by atoms with E-state index in [0.717, 1.165) is 18.6 Å². The zero-order chi connectivity index (χ0) is 15.1. The zero-order valence-corrected chi connectivity index (χ0v) is 12.8. The Bertz CT molecular complexity index is 569. The van der Waals surface area contributed by atoms with Gasteiger partial charge in [0.1, 0.15) is 5.75 Å². The van der Waals surface area contributed by atoms with E-state index in [-0.39, 0.29) is 6.04 Å². The molecule has 0 bridgehead atoms. The normalized spacial score (nSPS) is 12.1. The first-order valence-corrected chi connectivity index (χ1v) is 7.38. The second kappa shape index (κ2) is 7.81. The Hall–Kier alpha value is -1.84. The molecule has 0 aliphatic rings. The third kappa shape index (κ3) is 5.21. The van der Waals surface area contributed by atoms with Gasteiger partial charge in [0.25, 0.3) is 0 Å². The molecule has 1 atom stereocenters. The van der Waals surface area contributed by atoms with Crippen molar-refractivity contribution in [3.8, 4) is 5.75 Å². The number of hydrogen-bond donors (Lipinski definition) is 2. The molecule has 0 fully saturated rings. The minimum Gasteiger partial charge on any atom is -0.494 e. The van der Waals surface area contributed by atoms with Crippen LogP contribution >= 0.6 is 0 Å². The Morgan fingerprint density at radius 1 is 1.05 bits per heavy atom. The number of ether oxygens (including phenoxy) is 1. The Labute approximate surface area is 127 Å². The third-order valence-electron chi connectivity index (χ3n) is 3.52. The molecule has 0 saturated carbocycles. The quantitative estimate of drug-likeness (QED) is 0.606. The van der Waals surface area contributed by atoms with Crippen molar-refractivity contribution in [2.24, 2.45) is 5.84 Å². The predicted molar refractivity (Wildman–Crippen MR) is 87.3 cm³/mol. The Morgan fingerprint density at radius 3 is 2.43 bits per heavy atom. The van der Waals surface area contributed by atoms with Gasteiger partial charge in [0.15, 0.2) is 0 Å². The van der Waals surface area contributed by atoms with Crippen molar-refractivity contribution in [1.82, 2.24) is 5.43 Å². The molecule has 3 heteroatoms. The van der Waals surface area contributed by atoms with E-state index in [4.69, 9.17) is 10.6 Å². The molecule has 0 aromatic heterocycles. The molecule has 2 aromatic rings. The number of nitrogens with one attached hydrogen (secondary N) is 1. The van der Waals surface area contributed by atoms with Gasteiger partial charge < -0.3 is 4.74 Å². The average molecular weight is 284 g/mol. The van der Waals surface area contributed by atoms with Crippen LogP contribution < -0.4 is 16.0 Å². The molecule has 0 amide bonds. The Kier molecular flexibility index (Phi) is 5.78. The molecule has 2 rings (SSSR count). The topological polar surface area (TPSA) is 47.3 Å². The first-order valence-electron chi connectivity index (χ1n) is 7.38. The molecule has 0 heterocycles. The van der Waals surface area contributed by atoms with Gasteiger partial charge in [-0.25, -0.2) is 0 Å². The predicted octanol–water partition coefficient (Wildman–Crippen LogP) is 3.15. The lowest BCUT2D eigenvalue weighted by molar-refractivity contribution is 0.285. The van der Waals surface area contributed by atoms with Crippen molar-refractivity contribution in [1.29, 1.82) is 0 Å². The van der Waals surface area contributed by atoms with Crippen LogP contribution in [0, 0.1) is 13.8 Å². The lowest BCUT2D eigenvalue weighted by Gasteiger charge is -2.16. The molecule has 0 radical (unpaired) electrons. The highest BCUT2D eigenvalue weighted by Crippen LogP contribution is 2.13. The molecule has 21 heavy (non-hydrogen) atoms. The van der Waals surface area contributed by atoms with Crippen LogP contribution in [0.4, 0.5) is 0 Å². The van der Waals surface area contributed by atoms with Gasteiger partial charge in [-0.15, -0.1) is 0 Å². The number of aryl methyl sites for hydroxylation is 2. The highest BCUT2D eigenvalue weighted by atomic mass is 16.5. The summed E-state index contributed by atoms with van der Waals surface area (Å²) >= 11 is 0. The molecule has 3 N–H and O–H groups in total. The van der Waals surface area contributed by atoms with Crippen LogP contribution in [0.5, 0.6) is 5.75 Å². The van der Waals surface area contributed by atoms with Crippen LogP contribution in [-0.4, -0.2) is 12.6 Å². The summed E-state index contributed by atoms with van der Waals surface area (Å²) in [7, 11) is 0. The number of rotatable bonds is 7. The van der Waals surface area contributed by atoms with Crippen molar-refractivity contribution in [3.63, 3.8) is 0 Å². The van der Waals surface area contributed by atoms with Crippen molar-refractivity contribution < 1.29 is 4.74 Å². The SMILES string of the molecule is Cc1cccc(CC(CCOc2cccc(C)c2)NN)c1. The third-order valence-corrected chi connectivity index (χ3v) is 3.52. The number of hydrazine groups is 1. The summed E-state index contributed by atoms with van der Waals surface area (Å²) in [6, 6.07) is 16.9. The zero-order valence-electron chi connectivity index (χ0n) is 12.8. The minimum atomic E-state index is 0.219. The lowest BCUT2D eigenvalue weighted by Crippen LogP contribution is -2.37. The number of benzene rings is 2. The van der Waals surface area contributed by atoms with Crippen LogP contribution in [-0.2, 0) is 6.42 Å². The second-order valence-electron chi connectivity index (χ2n) is 5.51. The second-order valence-corrected chi connectivity index (χ2v) is 5.51. The maximum atomic E-state index is 5.79. The molecule has 2 aromatic carbocycles. The average Bonchev–Trinajstić information content (AvgIpc) is 2.46. The van der Waals surface area contributed by atoms with Crippen molar-refractivity contribution in [3.05, 3.63) is 65.2 Å². The van der Waals surface area contributed by atoms with Gasteiger partial charge >= 0.3 is 0 Å². The minimum absolute atomic E-state index is 0.219. The Morgan fingerprint density at radius 2 is 1.76 bits per heavy atom. The fraction of sp³-hybridized carbons (Fsp3) is 0.333. The molecule has 0 aliphatic carbocycles. The maximum Gasteiger partial charge on any atom is 0.119 e. The first-order chi connectivity index (χ1) is 10.2. The highest BCUT2D eigenvalue weighted by Gasteiger charge is 2.08. The van der Waals surface area contributed by atoms with E-state index < -0.39 is 0 Å². The largest absolute Gasteiger partial charge is 0.494 e. The van der Waals surface area contributed by atoms with E-state index >= 15 is 0 Å². The molecule has 1 unspecified atom stereocenters. The van der Waals surface area contributed by atoms with Crippen LogP contribution in [0.1, 0.15) is 23.1 Å². The van der Waals surface area contributed by atoms with Gasteiger partial charge in [-0.3, -0.25) is 11.3 Å². The van der Waals surface area contributed by atoms with Gasteiger partial charge in [-0.2, -0.15) is 0 Å². The standard InChI is InChI=1S/C18H24N2O/c1-14-5-3-7-16(11-14)13-17(20-19)9-10-21-18-8-4-6-15(2)12-18/h3-8,11-12,17,20H,9-10,13,19H2,1-2H3. The smallest absolute Gasteiger partial charge is 0.119 e. The van der Waals surface area contributed by atoms with Crippen molar-refractivity contribution in [2.45, 2.75) is 32.7 Å². The van der Waals surface area contributed by atoms with Gasteiger partial charge in [0.05, 0.1) is 6.61 Å². The Balaban J connectivity index is 1.82. The summed E-state index contributed by atoms with van der Waals surface area (Å²) in [6.45, 7) is 4.83. The van der Waals surface area contributed by atoms with Gasteiger partial charge in [-0.1, -0.05) is 42.0 Å². The first kappa shape index (κ1) is 15.5. The summed E-state index contributed by atoms with van der Waals surface area (Å²) in [4.78, 5) is 0. The van der Waals surface area contributed by atoms with Crippen LogP contribution in [0.25, 0.3) is 0 Å². The van der Waals surface area contributed by atoms with E-state index in [9.17, 15) is 0 Å². The summed E-state index contributed by atoms with van der Waals surface area (Å²) < 4.78 is 5.79. The monoisotopic (exact) mass is 284 g/mol. The van der Waals surface area contributed by atoms with Crippen LogP contribution in [0.15, 0.2) is 48.5 Å². The molecule has 112 valence electrons. The van der Waals surface area contributed by atoms with Crippen LogP contribution in [0.2, 0.25) is 0 Å². The van der Waals surface area contributed by atoms with E-state index in [1.54, 1.807) is 0 Å². The summed E-state index contributed by atoms with van der Waals surface area (Å²) in [5.74, 6) is 6.57. The molecule has 0 spiro atoms. The van der Waals surface area contributed by atoms with E-state index in [1.165, 1.54) is 16.7 Å². The van der Waals surface area contributed by atoms with Crippen molar-refractivity contribution >= 4 is 0 Å². The van der Waals surface area contributed by atoms with E-state index in [2.05, 4.69) is 49.6 Å². The molecular weight excluding hydrogens is 260 g/mol. The number of hydrogen-bond acceptors (Lipinski definition) is 3. The molecule has 3 nitrogen and oxygen atoms in total. The molecule has 0 saturated heterocycles. The van der Waals surface area contributed by atoms with Crippen LogP contribution in [0.3, 0.4) is 0 Å². The summed E-state index contributed by atoms with van der Waals surface area (Å²) in [6.07, 6.45) is 1.79. The maximum absolute atomic E-state index is 5.79. The van der Waals surface area contributed by atoms with Gasteiger partial charge in [0, 0.05) is 6.04 Å². The van der Waals surface area contributed by atoms with Gasteiger partial charge in [0.2, 0.25) is 0 Å². The fourth-order valence-corrected chi connectivity index (χ4v) is 2.39. The van der Waals surface area contributed by atoms with Crippen molar-refractivity contribution in [2.75, 3.05) is 6.61 Å². The molecule has 0 aliphatic heterocycles. The number of nitrogens with two attached hydrogens (primary N) is 1. The summed E-state index contributed by atoms with van der Waals surface area (Å²) in [5.41, 5.74) is 6.67. The molecular formula is C18H24N2O. The fourth-order valence-electron chi connectivity index (χ4n) is 2.39. The van der Waals surface area contributed by atoms with Gasteiger partial charge in [-0.05, 0) is 49.9 Å². The summed E-state index contributed by atoms with van der Waals surface area (Å²) in [5, 5.41) is 0. The van der Waals surface area contributed by atoms with E-state index in [0.29, 0.717) is 6.61 Å².